The van der Waals surface area contributed by atoms with E-state index >= 15 is 0 Å². The van der Waals surface area contributed by atoms with Crippen LogP contribution in [0.3, 0.4) is 0 Å². The van der Waals surface area contributed by atoms with Crippen LogP contribution in [0.2, 0.25) is 0 Å². The van der Waals surface area contributed by atoms with Gasteiger partial charge in [0.25, 0.3) is 0 Å². The Labute approximate surface area is 124 Å². The zero-order chi connectivity index (χ0) is 14.9. The van der Waals surface area contributed by atoms with Gasteiger partial charge in [-0.2, -0.15) is 5.10 Å². The molecule has 2 N–H and O–H groups in total. The summed E-state index contributed by atoms with van der Waals surface area (Å²) in [5.74, 6) is -0.484. The van der Waals surface area contributed by atoms with Crippen LogP contribution in [0.1, 0.15) is 0 Å². The molecule has 0 aliphatic carbocycles. The molecule has 1 aromatic heterocycles. The normalized spacial score (nSPS) is 11.8. The molecule has 0 fully saturated rings. The molecular formula is C12H13BrFN3O2S. The van der Waals surface area contributed by atoms with E-state index in [1.807, 2.05) is 0 Å². The number of hydrogen-bond donors (Lipinski definition) is 1. The lowest BCUT2D eigenvalue weighted by Gasteiger charge is -2.02. The molecule has 0 saturated carbocycles. The van der Waals surface area contributed by atoms with Gasteiger partial charge in [0.1, 0.15) is 21.3 Å². The van der Waals surface area contributed by atoms with Gasteiger partial charge in [0, 0.05) is 22.5 Å². The van der Waals surface area contributed by atoms with E-state index < -0.39 is 15.7 Å². The molecule has 1 heterocycles. The highest BCUT2D eigenvalue weighted by Gasteiger charge is 2.14. The van der Waals surface area contributed by atoms with Crippen molar-refractivity contribution in [3.05, 3.63) is 34.7 Å². The number of anilines is 1. The predicted octanol–water partition coefficient (Wildman–Crippen LogP) is 2.08. The van der Waals surface area contributed by atoms with Gasteiger partial charge in [-0.15, -0.1) is 0 Å². The van der Waals surface area contributed by atoms with Gasteiger partial charge in [-0.1, -0.05) is 15.9 Å². The van der Waals surface area contributed by atoms with Gasteiger partial charge >= 0.3 is 0 Å². The summed E-state index contributed by atoms with van der Waals surface area (Å²) in [6.07, 6.45) is 2.65. The van der Waals surface area contributed by atoms with Crippen LogP contribution in [-0.2, 0) is 16.4 Å². The summed E-state index contributed by atoms with van der Waals surface area (Å²) in [4.78, 5) is 0. The van der Waals surface area contributed by atoms with Crippen LogP contribution in [0, 0.1) is 5.82 Å². The highest BCUT2D eigenvalue weighted by atomic mass is 79.9. The lowest BCUT2D eigenvalue weighted by atomic mass is 10.1. The standard InChI is InChI=1S/C12H13BrFN3O2S/c1-20(18,19)5-4-17-7-11(15)12(16-17)9-6-8(13)2-3-10(9)14/h2-3,6-7H,4-5,15H2,1H3. The highest BCUT2D eigenvalue weighted by molar-refractivity contribution is 9.10. The maximum absolute atomic E-state index is 13.8. The Morgan fingerprint density at radius 2 is 2.15 bits per heavy atom. The van der Waals surface area contributed by atoms with Crippen LogP contribution in [-0.4, -0.2) is 30.2 Å². The summed E-state index contributed by atoms with van der Waals surface area (Å²) in [7, 11) is -3.09. The summed E-state index contributed by atoms with van der Waals surface area (Å²) in [6.45, 7) is 0.179. The molecule has 0 aliphatic rings. The average molecular weight is 362 g/mol. The first-order valence-corrected chi connectivity index (χ1v) is 8.58. The van der Waals surface area contributed by atoms with E-state index in [2.05, 4.69) is 21.0 Å². The summed E-state index contributed by atoms with van der Waals surface area (Å²) < 4.78 is 38.2. The predicted molar refractivity (Wildman–Crippen MR) is 79.4 cm³/mol. The Morgan fingerprint density at radius 1 is 1.45 bits per heavy atom. The number of nitrogens with zero attached hydrogens (tertiary/aromatic N) is 2. The molecule has 0 atom stereocenters. The minimum atomic E-state index is -3.09. The van der Waals surface area contributed by atoms with Gasteiger partial charge in [0.15, 0.2) is 0 Å². The fraction of sp³-hybridized carbons (Fsp3) is 0.250. The molecule has 108 valence electrons. The molecule has 2 aromatic rings. The fourth-order valence-corrected chi connectivity index (χ4v) is 2.58. The molecule has 0 bridgehead atoms. The van der Waals surface area contributed by atoms with Gasteiger partial charge in [-0.25, -0.2) is 12.8 Å². The minimum absolute atomic E-state index is 0.0471. The number of aromatic nitrogens is 2. The van der Waals surface area contributed by atoms with Crippen LogP contribution in [0.4, 0.5) is 10.1 Å². The maximum atomic E-state index is 13.8. The number of aryl methyl sites for hydroxylation is 1. The first-order valence-electron chi connectivity index (χ1n) is 5.72. The molecule has 1 aromatic carbocycles. The zero-order valence-electron chi connectivity index (χ0n) is 10.7. The summed E-state index contributed by atoms with van der Waals surface area (Å²) in [6, 6.07) is 4.47. The van der Waals surface area contributed by atoms with Crippen molar-refractivity contribution in [3.8, 4) is 11.3 Å². The van der Waals surface area contributed by atoms with Crippen molar-refractivity contribution in [2.24, 2.45) is 0 Å². The van der Waals surface area contributed by atoms with Crippen molar-refractivity contribution >= 4 is 31.5 Å². The molecule has 0 radical (unpaired) electrons. The van der Waals surface area contributed by atoms with E-state index in [1.165, 1.54) is 16.9 Å². The van der Waals surface area contributed by atoms with E-state index in [0.717, 1.165) is 6.26 Å². The molecule has 0 spiro atoms. The van der Waals surface area contributed by atoms with Gasteiger partial charge in [-0.05, 0) is 18.2 Å². The third kappa shape index (κ3) is 3.57. The van der Waals surface area contributed by atoms with E-state index in [4.69, 9.17) is 5.73 Å². The first kappa shape index (κ1) is 15.0. The van der Waals surface area contributed by atoms with E-state index in [9.17, 15) is 12.8 Å². The monoisotopic (exact) mass is 361 g/mol. The number of sulfone groups is 1. The molecule has 0 saturated heterocycles. The summed E-state index contributed by atoms with van der Waals surface area (Å²) in [5.41, 5.74) is 6.69. The van der Waals surface area contributed by atoms with Crippen LogP contribution < -0.4 is 5.73 Å². The van der Waals surface area contributed by atoms with E-state index in [1.54, 1.807) is 12.1 Å². The smallest absolute Gasteiger partial charge is 0.149 e. The summed E-state index contributed by atoms with van der Waals surface area (Å²) >= 11 is 3.26. The molecule has 20 heavy (non-hydrogen) atoms. The molecule has 0 aliphatic heterocycles. The van der Waals surface area contributed by atoms with Crippen molar-refractivity contribution in [2.75, 3.05) is 17.7 Å². The molecule has 0 amide bonds. The van der Waals surface area contributed by atoms with Gasteiger partial charge < -0.3 is 5.73 Å². The Hall–Kier alpha value is -1.41. The fourth-order valence-electron chi connectivity index (χ4n) is 1.70. The third-order valence-corrected chi connectivity index (χ3v) is 4.08. The van der Waals surface area contributed by atoms with Crippen molar-refractivity contribution < 1.29 is 12.8 Å². The van der Waals surface area contributed by atoms with Gasteiger partial charge in [0.05, 0.1) is 18.0 Å². The van der Waals surface area contributed by atoms with Crippen molar-refractivity contribution in [1.82, 2.24) is 9.78 Å². The number of nitrogen functional groups attached to an aromatic ring is 1. The van der Waals surface area contributed by atoms with Crippen LogP contribution in [0.25, 0.3) is 11.3 Å². The Bertz CT molecular complexity index is 743. The number of nitrogens with two attached hydrogens (primary N) is 1. The SMILES string of the molecule is CS(=O)(=O)CCn1cc(N)c(-c2cc(Br)ccc2F)n1. The van der Waals surface area contributed by atoms with Crippen molar-refractivity contribution in [3.63, 3.8) is 0 Å². The Balaban J connectivity index is 2.34. The molecule has 0 unspecified atom stereocenters. The highest BCUT2D eigenvalue weighted by Crippen LogP contribution is 2.29. The number of benzene rings is 1. The first-order chi connectivity index (χ1) is 9.26. The topological polar surface area (TPSA) is 78.0 Å². The van der Waals surface area contributed by atoms with Crippen LogP contribution >= 0.6 is 15.9 Å². The minimum Gasteiger partial charge on any atom is -0.396 e. The van der Waals surface area contributed by atoms with Gasteiger partial charge in [0.2, 0.25) is 0 Å². The zero-order valence-corrected chi connectivity index (χ0v) is 13.1. The molecule has 8 heteroatoms. The second-order valence-electron chi connectivity index (χ2n) is 4.45. The lowest BCUT2D eigenvalue weighted by Crippen LogP contribution is -2.11. The third-order valence-electron chi connectivity index (χ3n) is 2.66. The second kappa shape index (κ2) is 5.53. The summed E-state index contributed by atoms with van der Waals surface area (Å²) in [5, 5.41) is 4.15. The number of hydrogen-bond acceptors (Lipinski definition) is 4. The van der Waals surface area contributed by atoms with Crippen LogP contribution in [0.15, 0.2) is 28.9 Å². The largest absolute Gasteiger partial charge is 0.396 e. The maximum Gasteiger partial charge on any atom is 0.149 e. The van der Waals surface area contributed by atoms with Crippen molar-refractivity contribution in [2.45, 2.75) is 6.54 Å². The van der Waals surface area contributed by atoms with Crippen LogP contribution in [0.5, 0.6) is 0 Å². The number of rotatable bonds is 4. The molecule has 2 rings (SSSR count). The van der Waals surface area contributed by atoms with Crippen molar-refractivity contribution in [1.29, 1.82) is 0 Å². The molecular weight excluding hydrogens is 349 g/mol. The quantitative estimate of drug-likeness (QED) is 0.903. The molecule has 5 nitrogen and oxygen atoms in total. The number of halogens is 2. The Morgan fingerprint density at radius 3 is 2.80 bits per heavy atom. The van der Waals surface area contributed by atoms with E-state index in [-0.39, 0.29) is 17.9 Å². The Kier molecular flexibility index (Phi) is 4.14. The lowest BCUT2D eigenvalue weighted by molar-refractivity contribution is 0.586. The van der Waals surface area contributed by atoms with Gasteiger partial charge in [-0.3, -0.25) is 4.68 Å². The second-order valence-corrected chi connectivity index (χ2v) is 7.63. The van der Waals surface area contributed by atoms with E-state index in [0.29, 0.717) is 15.9 Å². The average Bonchev–Trinajstić information content (AvgIpc) is 2.70.